The van der Waals surface area contributed by atoms with E-state index in [1.165, 1.54) is 6.07 Å². The lowest BCUT2D eigenvalue weighted by Crippen LogP contribution is -2.09. The van der Waals surface area contributed by atoms with Crippen LogP contribution in [0.15, 0.2) is 18.2 Å². The summed E-state index contributed by atoms with van der Waals surface area (Å²) in [5, 5.41) is 8.96. The van der Waals surface area contributed by atoms with Gasteiger partial charge in [0.2, 0.25) is 0 Å². The van der Waals surface area contributed by atoms with Crippen molar-refractivity contribution in [2.45, 2.75) is 20.5 Å². The minimum atomic E-state index is -0.964. The van der Waals surface area contributed by atoms with Crippen LogP contribution >= 0.6 is 0 Å². The molecule has 0 aliphatic carbocycles. The average Bonchev–Trinajstić information content (AvgIpc) is 2.42. The first-order valence-corrected chi connectivity index (χ1v) is 6.60. The molecular weight excluding hydrogens is 260 g/mol. The van der Waals surface area contributed by atoms with Crippen LogP contribution in [-0.4, -0.2) is 38.0 Å². The highest BCUT2D eigenvalue weighted by atomic mass is 16.5. The molecule has 1 N–H and O–H groups in total. The zero-order chi connectivity index (χ0) is 15.0. The maximum Gasteiger partial charge on any atom is 0.335 e. The molecule has 0 amide bonds. The summed E-state index contributed by atoms with van der Waals surface area (Å²) in [6.45, 7) is 6.18. The highest BCUT2D eigenvalue weighted by Crippen LogP contribution is 2.20. The van der Waals surface area contributed by atoms with Crippen molar-refractivity contribution in [1.29, 1.82) is 0 Å². The number of hydrogen-bond acceptors (Lipinski definition) is 4. The predicted octanol–water partition coefficient (Wildman–Crippen LogP) is 2.58. The van der Waals surface area contributed by atoms with Gasteiger partial charge in [0.25, 0.3) is 0 Å². The van der Waals surface area contributed by atoms with E-state index in [4.69, 9.17) is 19.3 Å². The molecule has 0 unspecified atom stereocenters. The average molecular weight is 282 g/mol. The molecule has 0 saturated carbocycles. The van der Waals surface area contributed by atoms with Crippen LogP contribution in [-0.2, 0) is 16.1 Å². The van der Waals surface area contributed by atoms with Crippen LogP contribution in [0, 0.1) is 5.92 Å². The Labute approximate surface area is 119 Å². The summed E-state index contributed by atoms with van der Waals surface area (Å²) in [5.41, 5.74) is 0.941. The molecule has 0 heterocycles. The van der Waals surface area contributed by atoms with E-state index >= 15 is 0 Å². The van der Waals surface area contributed by atoms with Crippen LogP contribution in [0.2, 0.25) is 0 Å². The van der Waals surface area contributed by atoms with Crippen molar-refractivity contribution in [2.24, 2.45) is 5.92 Å². The molecule has 5 heteroatoms. The number of carboxylic acid groups (broad SMARTS) is 1. The molecule has 0 aliphatic heterocycles. The number of benzene rings is 1. The molecule has 0 saturated heterocycles. The zero-order valence-electron chi connectivity index (χ0n) is 12.2. The van der Waals surface area contributed by atoms with Gasteiger partial charge in [0.1, 0.15) is 5.75 Å². The second-order valence-corrected chi connectivity index (χ2v) is 4.85. The van der Waals surface area contributed by atoms with Gasteiger partial charge in [0.15, 0.2) is 0 Å². The van der Waals surface area contributed by atoms with Gasteiger partial charge in [-0.05, 0) is 24.1 Å². The standard InChI is InChI=1S/C15H22O5/c1-11(2)9-19-6-7-20-10-13-8-12(15(16)17)4-5-14(13)18-3/h4-5,8,11H,6-7,9-10H2,1-3H3,(H,16,17). The maximum atomic E-state index is 10.9. The van der Waals surface area contributed by atoms with E-state index in [1.807, 2.05) is 0 Å². The highest BCUT2D eigenvalue weighted by Gasteiger charge is 2.09. The van der Waals surface area contributed by atoms with E-state index < -0.39 is 5.97 Å². The summed E-state index contributed by atoms with van der Waals surface area (Å²) in [6, 6.07) is 4.71. The van der Waals surface area contributed by atoms with Crippen LogP contribution in [0.1, 0.15) is 29.8 Å². The van der Waals surface area contributed by atoms with Gasteiger partial charge in [-0.2, -0.15) is 0 Å². The second-order valence-electron chi connectivity index (χ2n) is 4.85. The first kappa shape index (κ1) is 16.5. The molecule has 1 aromatic rings. The Bertz CT molecular complexity index is 428. The van der Waals surface area contributed by atoms with Crippen molar-refractivity contribution >= 4 is 5.97 Å². The van der Waals surface area contributed by atoms with Crippen LogP contribution in [0.25, 0.3) is 0 Å². The number of methoxy groups -OCH3 is 1. The lowest BCUT2D eigenvalue weighted by molar-refractivity contribution is 0.0309. The van der Waals surface area contributed by atoms with E-state index in [0.717, 1.165) is 5.56 Å². The highest BCUT2D eigenvalue weighted by molar-refractivity contribution is 5.88. The smallest absolute Gasteiger partial charge is 0.335 e. The second kappa shape index (κ2) is 8.55. The van der Waals surface area contributed by atoms with Crippen molar-refractivity contribution in [3.8, 4) is 5.75 Å². The maximum absolute atomic E-state index is 10.9. The summed E-state index contributed by atoms with van der Waals surface area (Å²) in [6.07, 6.45) is 0. The lowest BCUT2D eigenvalue weighted by Gasteiger charge is -2.11. The largest absolute Gasteiger partial charge is 0.496 e. The van der Waals surface area contributed by atoms with Gasteiger partial charge in [-0.15, -0.1) is 0 Å². The first-order chi connectivity index (χ1) is 9.54. The molecular formula is C15H22O5. The monoisotopic (exact) mass is 282 g/mol. The fourth-order valence-corrected chi connectivity index (χ4v) is 1.64. The lowest BCUT2D eigenvalue weighted by atomic mass is 10.1. The van der Waals surface area contributed by atoms with Gasteiger partial charge < -0.3 is 19.3 Å². The first-order valence-electron chi connectivity index (χ1n) is 6.60. The van der Waals surface area contributed by atoms with E-state index in [2.05, 4.69) is 13.8 Å². The van der Waals surface area contributed by atoms with Crippen molar-refractivity contribution in [2.75, 3.05) is 26.9 Å². The molecule has 0 bridgehead atoms. The Balaban J connectivity index is 2.45. The van der Waals surface area contributed by atoms with Gasteiger partial charge in [0.05, 0.1) is 32.5 Å². The third-order valence-electron chi connectivity index (χ3n) is 2.61. The Morgan fingerprint density at radius 3 is 2.55 bits per heavy atom. The number of carbonyl (C=O) groups is 1. The summed E-state index contributed by atoms with van der Waals surface area (Å²) in [5.74, 6) is 0.162. The van der Waals surface area contributed by atoms with Crippen LogP contribution in [0.3, 0.4) is 0 Å². The number of rotatable bonds is 9. The summed E-state index contributed by atoms with van der Waals surface area (Å²) in [4.78, 5) is 10.9. The van der Waals surface area contributed by atoms with E-state index in [1.54, 1.807) is 19.2 Å². The summed E-state index contributed by atoms with van der Waals surface area (Å²) < 4.78 is 16.1. The Kier molecular flexibility index (Phi) is 7.04. The topological polar surface area (TPSA) is 65.0 Å². The van der Waals surface area contributed by atoms with Crippen LogP contribution in [0.4, 0.5) is 0 Å². The Morgan fingerprint density at radius 2 is 1.95 bits per heavy atom. The van der Waals surface area contributed by atoms with E-state index in [9.17, 15) is 4.79 Å². The van der Waals surface area contributed by atoms with Crippen LogP contribution < -0.4 is 4.74 Å². The van der Waals surface area contributed by atoms with Crippen molar-refractivity contribution in [3.63, 3.8) is 0 Å². The van der Waals surface area contributed by atoms with Gasteiger partial charge in [-0.1, -0.05) is 13.8 Å². The Morgan fingerprint density at radius 1 is 1.25 bits per heavy atom. The molecule has 1 aromatic carbocycles. The minimum Gasteiger partial charge on any atom is -0.496 e. The fourth-order valence-electron chi connectivity index (χ4n) is 1.64. The third kappa shape index (κ3) is 5.59. The SMILES string of the molecule is COc1ccc(C(=O)O)cc1COCCOCC(C)C. The summed E-state index contributed by atoms with van der Waals surface area (Å²) >= 11 is 0. The molecule has 0 spiro atoms. The molecule has 5 nitrogen and oxygen atoms in total. The molecule has 0 radical (unpaired) electrons. The quantitative estimate of drug-likeness (QED) is 0.705. The number of aromatic carboxylic acids is 1. The molecule has 1 rings (SSSR count). The van der Waals surface area contributed by atoms with Crippen molar-refractivity contribution in [3.05, 3.63) is 29.3 Å². The molecule has 0 atom stereocenters. The van der Waals surface area contributed by atoms with Crippen LogP contribution in [0.5, 0.6) is 5.75 Å². The Hall–Kier alpha value is -1.59. The number of carboxylic acids is 1. The minimum absolute atomic E-state index is 0.223. The van der Waals surface area contributed by atoms with E-state index in [0.29, 0.717) is 38.1 Å². The van der Waals surface area contributed by atoms with Gasteiger partial charge >= 0.3 is 5.97 Å². The molecule has 0 aliphatic rings. The third-order valence-corrected chi connectivity index (χ3v) is 2.61. The van der Waals surface area contributed by atoms with E-state index in [-0.39, 0.29) is 5.56 Å². The molecule has 112 valence electrons. The van der Waals surface area contributed by atoms with Gasteiger partial charge in [-0.3, -0.25) is 0 Å². The molecule has 20 heavy (non-hydrogen) atoms. The fraction of sp³-hybridized carbons (Fsp3) is 0.533. The summed E-state index contributed by atoms with van der Waals surface area (Å²) in [7, 11) is 1.55. The van der Waals surface area contributed by atoms with Gasteiger partial charge in [-0.25, -0.2) is 4.79 Å². The van der Waals surface area contributed by atoms with Gasteiger partial charge in [0, 0.05) is 12.2 Å². The predicted molar refractivity (Wildman–Crippen MR) is 75.3 cm³/mol. The molecule has 0 fully saturated rings. The number of ether oxygens (including phenoxy) is 3. The normalized spacial score (nSPS) is 10.8. The molecule has 0 aromatic heterocycles. The zero-order valence-corrected chi connectivity index (χ0v) is 12.2. The number of hydrogen-bond donors (Lipinski definition) is 1. The van der Waals surface area contributed by atoms with Crippen molar-refractivity contribution in [1.82, 2.24) is 0 Å². The van der Waals surface area contributed by atoms with Crippen molar-refractivity contribution < 1.29 is 24.1 Å².